The second-order valence-electron chi connectivity index (χ2n) is 26.6. The molecule has 0 aliphatic heterocycles. The van der Waals surface area contributed by atoms with Crippen molar-refractivity contribution in [1.29, 1.82) is 0 Å². The highest BCUT2D eigenvalue weighted by molar-refractivity contribution is 5.99. The normalized spacial score (nSPS) is 14.8. The first-order valence-electron chi connectivity index (χ1n) is 34.0. The van der Waals surface area contributed by atoms with Gasteiger partial charge in [0.1, 0.15) is 57.8 Å². The molecule has 0 spiro atoms. The number of primary amides is 3. The van der Waals surface area contributed by atoms with Gasteiger partial charge in [-0.2, -0.15) is 0 Å². The fraction of sp³-hybridized carbons (Fsp3) is 0.625. The van der Waals surface area contributed by atoms with Gasteiger partial charge in [-0.05, 0) is 107 Å². The Labute approximate surface area is 569 Å². The van der Waals surface area contributed by atoms with E-state index >= 15 is 0 Å². The lowest BCUT2D eigenvalue weighted by molar-refractivity contribution is -0.141. The summed E-state index contributed by atoms with van der Waals surface area (Å²) in [4.78, 5) is 195. The number of hydrogen-bond acceptors (Lipinski definition) is 18. The predicted octanol–water partition coefficient (Wildman–Crippen LogP) is 6.13. The summed E-state index contributed by atoms with van der Waals surface area (Å²) in [5, 5.41) is 40.8. The zero-order chi connectivity index (χ0) is 72.9. The van der Waals surface area contributed by atoms with Crippen molar-refractivity contribution in [3.8, 4) is 5.75 Å². The number of carbonyl (C=O) groups excluding carboxylic acids is 12. The van der Waals surface area contributed by atoms with Crippen LogP contribution in [0.2, 0.25) is 0 Å². The van der Waals surface area contributed by atoms with E-state index in [9.17, 15) is 87.5 Å². The van der Waals surface area contributed by atoms with Gasteiger partial charge in [-0.3, -0.25) is 72.1 Å². The van der Waals surface area contributed by atoms with Gasteiger partial charge in [0, 0.05) is 143 Å². The number of hydrogen-bond donors (Lipinski definition) is 10. The molecule has 0 radical (unpaired) electrons. The van der Waals surface area contributed by atoms with Crippen molar-refractivity contribution in [3.05, 3.63) is 65.7 Å². The van der Waals surface area contributed by atoms with E-state index in [0.717, 1.165) is 12.8 Å². The van der Waals surface area contributed by atoms with Crippen molar-refractivity contribution in [3.63, 3.8) is 0 Å². The lowest BCUT2D eigenvalue weighted by Gasteiger charge is -2.26. The second-order valence-corrected chi connectivity index (χ2v) is 26.6. The van der Waals surface area contributed by atoms with Gasteiger partial charge in [0.2, 0.25) is 17.7 Å². The Kier molecular flexibility index (Phi) is 39.7. The molecule has 11 atom stereocenters. The summed E-state index contributed by atoms with van der Waals surface area (Å²) in [7, 11) is 0. The smallest absolute Gasteiger partial charge is 0.303 e. The number of nitrogens with zero attached hydrogens (tertiary/aromatic N) is 1. The van der Waals surface area contributed by atoms with E-state index in [4.69, 9.17) is 34.4 Å². The number of nitrogens with two attached hydrogens (primary N) is 6. The second kappa shape index (κ2) is 45.3. The van der Waals surface area contributed by atoms with Crippen molar-refractivity contribution in [2.75, 3.05) is 13.1 Å². The number of Topliss-reactive ketones (excluding diaryl/α,β-unsaturated/α-hetero) is 9. The zero-order valence-corrected chi connectivity index (χ0v) is 57.0. The van der Waals surface area contributed by atoms with Gasteiger partial charge < -0.3 is 54.8 Å². The third kappa shape index (κ3) is 34.5. The highest BCUT2D eigenvalue weighted by atomic mass is 16.4. The Morgan fingerprint density at radius 1 is 0.412 bits per heavy atom. The van der Waals surface area contributed by atoms with Crippen LogP contribution < -0.4 is 34.4 Å². The number of unbranched alkanes of at least 4 members (excludes halogenated alkanes) is 2. The number of aliphatic imine (C=N–C) groups is 1. The number of aromatic hydroxyl groups is 1. The summed E-state index contributed by atoms with van der Waals surface area (Å²) in [6, 6.07) is 14.4. The Bertz CT molecular complexity index is 2980. The van der Waals surface area contributed by atoms with E-state index < -0.39 is 231 Å². The topological polar surface area (TPSA) is 488 Å². The van der Waals surface area contributed by atoms with Gasteiger partial charge >= 0.3 is 11.9 Å². The number of aliphatic hydroxyl groups excluding tert-OH is 1. The molecule has 0 aromatic heterocycles. The monoisotopic (exact) mass is 1360 g/mol. The summed E-state index contributed by atoms with van der Waals surface area (Å²) in [5.41, 5.74) is 34.8. The minimum absolute atomic E-state index is 0.0447. The molecular formula is C72H107N7O18. The molecule has 538 valence electrons. The van der Waals surface area contributed by atoms with Crippen molar-refractivity contribution >= 4 is 87.7 Å². The van der Waals surface area contributed by atoms with Crippen LogP contribution in [0, 0.1) is 65.1 Å². The van der Waals surface area contributed by atoms with Gasteiger partial charge in [-0.25, -0.2) is 0 Å². The molecule has 25 heteroatoms. The highest BCUT2D eigenvalue weighted by Gasteiger charge is 2.39. The van der Waals surface area contributed by atoms with Crippen molar-refractivity contribution in [2.24, 2.45) is 104 Å². The first-order valence-corrected chi connectivity index (χ1v) is 34.0. The quantitative estimate of drug-likeness (QED) is 0.0202. The average molecular weight is 1360 g/mol. The maximum Gasteiger partial charge on any atom is 0.303 e. The number of rotatable bonds is 57. The number of ketones is 9. The number of carboxylic acid groups (broad SMARTS) is 2. The van der Waals surface area contributed by atoms with Crippen LogP contribution in [-0.2, 0) is 80.0 Å². The maximum atomic E-state index is 14.8. The van der Waals surface area contributed by atoms with Gasteiger partial charge in [-0.1, -0.05) is 88.9 Å². The number of carboxylic acids is 2. The number of aliphatic hydroxyl groups is 1. The number of phenols is 1. The number of carbonyl (C=O) groups is 14. The largest absolute Gasteiger partial charge is 0.508 e. The van der Waals surface area contributed by atoms with Crippen molar-refractivity contribution in [1.82, 2.24) is 0 Å². The molecule has 0 aliphatic carbocycles. The predicted molar refractivity (Wildman–Crippen MR) is 362 cm³/mol. The van der Waals surface area contributed by atoms with Crippen LogP contribution in [0.15, 0.2) is 59.6 Å². The zero-order valence-electron chi connectivity index (χ0n) is 57.0. The van der Waals surface area contributed by atoms with Crippen LogP contribution >= 0.6 is 0 Å². The molecule has 11 unspecified atom stereocenters. The first-order chi connectivity index (χ1) is 45.7. The van der Waals surface area contributed by atoms with Gasteiger partial charge in [0.15, 0.2) is 5.96 Å². The summed E-state index contributed by atoms with van der Waals surface area (Å²) < 4.78 is 0. The van der Waals surface area contributed by atoms with E-state index in [-0.39, 0.29) is 56.3 Å². The molecule has 0 saturated carbocycles. The molecule has 0 aliphatic rings. The molecular weight excluding hydrogens is 1250 g/mol. The van der Waals surface area contributed by atoms with Crippen LogP contribution in [0.3, 0.4) is 0 Å². The Morgan fingerprint density at radius 3 is 1.22 bits per heavy atom. The summed E-state index contributed by atoms with van der Waals surface area (Å²) in [5.74, 6) is -22.6. The molecule has 0 fully saturated rings. The molecule has 0 saturated heterocycles. The average Bonchev–Trinajstić information content (AvgIpc) is 0.942. The fourth-order valence-electron chi connectivity index (χ4n) is 12.4. The summed E-state index contributed by atoms with van der Waals surface area (Å²) in [6.45, 7) is 7.57. The molecule has 0 bridgehead atoms. The Morgan fingerprint density at radius 2 is 0.784 bits per heavy atom. The summed E-state index contributed by atoms with van der Waals surface area (Å²) in [6.07, 6.45) is -5.28. The van der Waals surface area contributed by atoms with Crippen LogP contribution in [0.4, 0.5) is 0 Å². The van der Waals surface area contributed by atoms with E-state index in [1.54, 1.807) is 49.4 Å². The van der Waals surface area contributed by atoms with Gasteiger partial charge in [-0.15, -0.1) is 0 Å². The molecule has 16 N–H and O–H groups in total. The number of amides is 3. The Balaban J connectivity index is 2.55. The first kappa shape index (κ1) is 84.9. The van der Waals surface area contributed by atoms with Crippen LogP contribution in [0.25, 0.3) is 0 Å². The van der Waals surface area contributed by atoms with E-state index in [2.05, 4.69) is 18.8 Å². The molecule has 2 aromatic rings. The number of aliphatic carboxylic acids is 2. The molecule has 2 rings (SSSR count). The SMILES string of the molecule is CCC(CCCN=C(N)N)C(=O)CC(CC(N)=O)C(=O)CC(CC(N)=O)C(=O)CC(Cc1ccccc1)C(=O)CC(CCCCN)C(=O)CC(C(=O)CC(CCC(=O)O)C(=O)CC(CCC(=O)O)C(=O)CC(Cc1ccc(O)cc1)C(=O)CC(CCCCC(C)C)C(N)=O)C(C)O. The minimum Gasteiger partial charge on any atom is -0.508 e. The van der Waals surface area contributed by atoms with Crippen molar-refractivity contribution < 1.29 is 87.5 Å². The number of guanidine groups is 1. The Hall–Kier alpha value is -8.19. The van der Waals surface area contributed by atoms with Crippen molar-refractivity contribution in [2.45, 2.75) is 207 Å². The fourth-order valence-corrected chi connectivity index (χ4v) is 12.4. The van der Waals surface area contributed by atoms with Crippen LogP contribution in [0.5, 0.6) is 5.75 Å². The van der Waals surface area contributed by atoms with E-state index in [1.165, 1.54) is 19.1 Å². The molecule has 25 nitrogen and oxygen atoms in total. The molecule has 0 heterocycles. The number of phenolic OH excluding ortho intramolecular Hbond substituents is 1. The lowest BCUT2D eigenvalue weighted by atomic mass is 9.77. The van der Waals surface area contributed by atoms with Crippen LogP contribution in [0.1, 0.15) is 199 Å². The molecule has 3 amide bonds. The van der Waals surface area contributed by atoms with Crippen LogP contribution in [-0.4, -0.2) is 127 Å². The standard InChI is InChI=1S/C72H107N7O18/c1-5-47(19-13-29-79-72(77)78)58(82)38-54(40-67(74)91)64(88)39-55(41-68(75)92)63(87)37-52(30-45-15-7-6-8-16-45)61(85)32-48(17-11-12-28-73)65(89)42-57(44(4)80)66(90)34-50(23-27-70(95)96)59(83)33-49(22-26-69(93)94)60(84)36-53(31-46-20-24-56(81)25-21-46)62(86)35-51(71(76)97)18-10-9-14-43(2)3/h6-8,15-16,20-21,24-25,43-44,47-55,57,80-81H,5,9-14,17-19,22-23,26-42,73H2,1-4H3,(H2,74,91)(H2,75,92)(H2,76,97)(H,93,94)(H,95,96)(H4,77,78,79). The highest BCUT2D eigenvalue weighted by Crippen LogP contribution is 2.32. The minimum atomic E-state index is -1.56. The lowest BCUT2D eigenvalue weighted by Crippen LogP contribution is -2.35. The summed E-state index contributed by atoms with van der Waals surface area (Å²) >= 11 is 0. The van der Waals surface area contributed by atoms with Gasteiger partial charge in [0.05, 0.1) is 12.0 Å². The van der Waals surface area contributed by atoms with E-state index in [0.29, 0.717) is 62.0 Å². The third-order valence-corrected chi connectivity index (χ3v) is 18.2. The third-order valence-electron chi connectivity index (χ3n) is 18.2. The molecule has 97 heavy (non-hydrogen) atoms. The molecule has 2 aromatic carbocycles. The maximum absolute atomic E-state index is 14.8. The van der Waals surface area contributed by atoms with Gasteiger partial charge in [0.25, 0.3) is 0 Å². The number of benzene rings is 2. The van der Waals surface area contributed by atoms with E-state index in [1.807, 2.05) is 0 Å².